The highest BCUT2D eigenvalue weighted by Gasteiger charge is 2.49. The molecule has 108 valence electrons. The molecule has 20 heavy (non-hydrogen) atoms. The van der Waals surface area contributed by atoms with Crippen LogP contribution in [0.4, 0.5) is 0 Å². The van der Waals surface area contributed by atoms with Gasteiger partial charge in [-0.05, 0) is 25.5 Å². The van der Waals surface area contributed by atoms with Gasteiger partial charge in [-0.15, -0.1) is 6.58 Å². The summed E-state index contributed by atoms with van der Waals surface area (Å²) in [6, 6.07) is 7.75. The Morgan fingerprint density at radius 2 is 2.20 bits per heavy atom. The third-order valence-electron chi connectivity index (χ3n) is 3.23. The Labute approximate surface area is 127 Å². The minimum Gasteiger partial charge on any atom is -0.345 e. The van der Waals surface area contributed by atoms with E-state index in [9.17, 15) is 4.79 Å². The number of rotatable bonds is 5. The van der Waals surface area contributed by atoms with Crippen LogP contribution in [-0.4, -0.2) is 23.9 Å². The van der Waals surface area contributed by atoms with E-state index >= 15 is 0 Å². The van der Waals surface area contributed by atoms with Gasteiger partial charge in [0.2, 0.25) is 0 Å². The van der Waals surface area contributed by atoms with Crippen LogP contribution in [0.1, 0.15) is 19.4 Å². The van der Waals surface area contributed by atoms with Gasteiger partial charge in [0.15, 0.2) is 6.29 Å². The number of ether oxygens (including phenoxy) is 1. The van der Waals surface area contributed by atoms with Gasteiger partial charge in [0, 0.05) is 4.47 Å². The molecule has 2 rings (SSSR count). The Morgan fingerprint density at radius 3 is 2.85 bits per heavy atom. The molecule has 1 aliphatic heterocycles. The molecule has 0 aliphatic carbocycles. The van der Waals surface area contributed by atoms with Gasteiger partial charge in [0.1, 0.15) is 0 Å². The van der Waals surface area contributed by atoms with Crippen molar-refractivity contribution in [3.63, 3.8) is 0 Å². The first-order chi connectivity index (χ1) is 9.46. The zero-order valence-electron chi connectivity index (χ0n) is 11.6. The van der Waals surface area contributed by atoms with Crippen LogP contribution in [0.15, 0.2) is 41.4 Å². The molecule has 1 atom stereocenters. The quantitative estimate of drug-likeness (QED) is 0.772. The molecule has 0 saturated carbocycles. The van der Waals surface area contributed by atoms with Crippen molar-refractivity contribution in [2.24, 2.45) is 5.41 Å². The Kier molecular flexibility index (Phi) is 4.62. The maximum Gasteiger partial charge on any atom is 0.257 e. The lowest BCUT2D eigenvalue weighted by molar-refractivity contribution is -0.244. The van der Waals surface area contributed by atoms with Crippen LogP contribution in [0.25, 0.3) is 0 Å². The topological polar surface area (TPSA) is 38.8 Å². The molecular weight excluding hydrogens is 322 g/mol. The molecule has 1 amide bonds. The van der Waals surface area contributed by atoms with Crippen molar-refractivity contribution >= 4 is 21.8 Å². The zero-order valence-corrected chi connectivity index (χ0v) is 13.2. The fourth-order valence-electron chi connectivity index (χ4n) is 2.00. The first kappa shape index (κ1) is 15.2. The summed E-state index contributed by atoms with van der Waals surface area (Å²) in [5.74, 6) is -0.0812. The van der Waals surface area contributed by atoms with Gasteiger partial charge >= 0.3 is 0 Å². The summed E-state index contributed by atoms with van der Waals surface area (Å²) in [6.45, 7) is 7.98. The molecule has 0 N–H and O–H groups in total. The van der Waals surface area contributed by atoms with Crippen LogP contribution >= 0.6 is 15.9 Å². The van der Waals surface area contributed by atoms with Gasteiger partial charge in [0.05, 0.1) is 18.6 Å². The van der Waals surface area contributed by atoms with E-state index in [0.29, 0.717) is 13.2 Å². The molecule has 0 spiro atoms. The van der Waals surface area contributed by atoms with Gasteiger partial charge in [-0.25, -0.2) is 9.90 Å². The first-order valence-electron chi connectivity index (χ1n) is 6.41. The summed E-state index contributed by atoms with van der Waals surface area (Å²) >= 11 is 3.47. The van der Waals surface area contributed by atoms with Gasteiger partial charge < -0.3 is 4.74 Å². The predicted molar refractivity (Wildman–Crippen MR) is 79.5 cm³/mol. The second-order valence-corrected chi connectivity index (χ2v) is 6.07. The minimum absolute atomic E-state index is 0.0812. The molecule has 4 nitrogen and oxygen atoms in total. The molecule has 1 heterocycles. The fraction of sp³-hybridized carbons (Fsp3) is 0.400. The molecule has 1 aromatic rings. The van der Waals surface area contributed by atoms with Gasteiger partial charge in [-0.3, -0.25) is 4.79 Å². The first-order valence-corrected chi connectivity index (χ1v) is 7.20. The van der Waals surface area contributed by atoms with Crippen molar-refractivity contribution in [3.8, 4) is 0 Å². The summed E-state index contributed by atoms with van der Waals surface area (Å²) in [6.07, 6.45) is 1.05. The van der Waals surface area contributed by atoms with Crippen LogP contribution < -0.4 is 0 Å². The second kappa shape index (κ2) is 6.08. The Bertz CT molecular complexity index is 516. The summed E-state index contributed by atoms with van der Waals surface area (Å²) in [5, 5.41) is 1.37. The van der Waals surface area contributed by atoms with Crippen molar-refractivity contribution in [1.29, 1.82) is 0 Å². The standard InChI is InChI=1S/C15H18BrNO3/c1-4-9-19-14-15(2,3)13(18)17(20-14)10-11-7-5-6-8-12(11)16/h4-8,14H,1,9-10H2,2-3H3. The number of hydrogen-bond donors (Lipinski definition) is 0. The van der Waals surface area contributed by atoms with Gasteiger partial charge in [-0.1, -0.05) is 40.2 Å². The van der Waals surface area contributed by atoms with Crippen molar-refractivity contribution in [1.82, 2.24) is 5.06 Å². The summed E-state index contributed by atoms with van der Waals surface area (Å²) in [4.78, 5) is 18.0. The summed E-state index contributed by atoms with van der Waals surface area (Å²) in [5.41, 5.74) is 0.283. The Hall–Kier alpha value is -1.17. The zero-order chi connectivity index (χ0) is 14.8. The van der Waals surface area contributed by atoms with Crippen LogP contribution in [0.3, 0.4) is 0 Å². The third-order valence-corrected chi connectivity index (χ3v) is 4.00. The number of nitrogens with zero attached hydrogens (tertiary/aromatic N) is 1. The number of hydrogen-bond acceptors (Lipinski definition) is 3. The van der Waals surface area contributed by atoms with Gasteiger partial charge in [-0.2, -0.15) is 0 Å². The highest BCUT2D eigenvalue weighted by molar-refractivity contribution is 9.10. The predicted octanol–water partition coefficient (Wildman–Crippen LogP) is 3.28. The average molecular weight is 340 g/mol. The Balaban J connectivity index is 2.12. The molecule has 0 bridgehead atoms. The lowest BCUT2D eigenvalue weighted by Crippen LogP contribution is -2.34. The van der Waals surface area contributed by atoms with Crippen molar-refractivity contribution < 1.29 is 14.4 Å². The highest BCUT2D eigenvalue weighted by Crippen LogP contribution is 2.36. The highest BCUT2D eigenvalue weighted by atomic mass is 79.9. The lowest BCUT2D eigenvalue weighted by Gasteiger charge is -2.20. The van der Waals surface area contributed by atoms with Gasteiger partial charge in [0.25, 0.3) is 5.91 Å². The SMILES string of the molecule is C=CCOC1ON(Cc2ccccc2Br)C(=O)C1(C)C. The van der Waals surface area contributed by atoms with Crippen molar-refractivity contribution in [2.45, 2.75) is 26.7 Å². The molecule has 1 saturated heterocycles. The molecule has 0 aromatic heterocycles. The van der Waals surface area contributed by atoms with Crippen molar-refractivity contribution in [3.05, 3.63) is 47.0 Å². The van der Waals surface area contributed by atoms with E-state index < -0.39 is 11.7 Å². The maximum atomic E-state index is 12.4. The molecule has 0 radical (unpaired) electrons. The second-order valence-electron chi connectivity index (χ2n) is 5.21. The maximum absolute atomic E-state index is 12.4. The van der Waals surface area contributed by atoms with Crippen LogP contribution in [0.2, 0.25) is 0 Å². The monoisotopic (exact) mass is 339 g/mol. The van der Waals surface area contributed by atoms with Crippen molar-refractivity contribution in [2.75, 3.05) is 6.61 Å². The molecule has 1 unspecified atom stereocenters. The van der Waals surface area contributed by atoms with E-state index in [-0.39, 0.29) is 5.91 Å². The number of hydroxylamine groups is 2. The summed E-state index contributed by atoms with van der Waals surface area (Å²) in [7, 11) is 0. The smallest absolute Gasteiger partial charge is 0.257 e. The largest absolute Gasteiger partial charge is 0.345 e. The van der Waals surface area contributed by atoms with E-state index in [1.165, 1.54) is 5.06 Å². The number of carbonyl (C=O) groups excluding carboxylic acids is 1. The minimum atomic E-state index is -0.704. The Morgan fingerprint density at radius 1 is 1.50 bits per heavy atom. The normalized spacial score (nSPS) is 21.2. The van der Waals surface area contributed by atoms with E-state index in [0.717, 1.165) is 10.0 Å². The average Bonchev–Trinajstić information content (AvgIpc) is 2.62. The molecule has 5 heteroatoms. The number of benzene rings is 1. The number of amides is 1. The molecule has 1 fully saturated rings. The molecular formula is C15H18BrNO3. The van der Waals surface area contributed by atoms with Crippen LogP contribution in [0.5, 0.6) is 0 Å². The van der Waals surface area contributed by atoms with Crippen LogP contribution in [0, 0.1) is 5.41 Å². The van der Waals surface area contributed by atoms with E-state index in [4.69, 9.17) is 9.57 Å². The number of halogens is 1. The van der Waals surface area contributed by atoms with E-state index in [2.05, 4.69) is 22.5 Å². The lowest BCUT2D eigenvalue weighted by atomic mass is 9.92. The number of carbonyl (C=O) groups is 1. The van der Waals surface area contributed by atoms with Crippen LogP contribution in [-0.2, 0) is 20.9 Å². The third kappa shape index (κ3) is 2.95. The van der Waals surface area contributed by atoms with E-state index in [1.54, 1.807) is 6.08 Å². The summed E-state index contributed by atoms with van der Waals surface area (Å²) < 4.78 is 6.47. The molecule has 1 aromatic carbocycles. The molecule has 1 aliphatic rings. The fourth-order valence-corrected chi connectivity index (χ4v) is 2.41. The van der Waals surface area contributed by atoms with E-state index in [1.807, 2.05) is 38.1 Å².